The van der Waals surface area contributed by atoms with Gasteiger partial charge in [-0.2, -0.15) is 0 Å². The van der Waals surface area contributed by atoms with Crippen molar-refractivity contribution >= 4 is 23.5 Å². The fourth-order valence-electron chi connectivity index (χ4n) is 2.24. The first kappa shape index (κ1) is 20.7. The van der Waals surface area contributed by atoms with E-state index in [4.69, 9.17) is 0 Å². The molecule has 9 nitrogen and oxygen atoms in total. The van der Waals surface area contributed by atoms with Gasteiger partial charge < -0.3 is 5.32 Å². The molecule has 0 saturated heterocycles. The number of carbonyl (C=O) groups is 4. The molecule has 0 spiro atoms. The first-order chi connectivity index (χ1) is 13.6. The molecular formula is C19H21N5O4. The van der Waals surface area contributed by atoms with E-state index in [1.807, 2.05) is 0 Å². The Morgan fingerprint density at radius 1 is 0.714 bits per heavy atom. The monoisotopic (exact) mass is 383 g/mol. The minimum atomic E-state index is -0.434. The molecule has 0 radical (unpaired) electrons. The van der Waals surface area contributed by atoms with Crippen LogP contribution >= 0.6 is 0 Å². The van der Waals surface area contributed by atoms with E-state index in [1.54, 1.807) is 12.1 Å². The lowest BCUT2D eigenvalue weighted by atomic mass is 10.1. The Morgan fingerprint density at radius 3 is 1.86 bits per heavy atom. The third kappa shape index (κ3) is 7.32. The molecule has 146 valence electrons. The van der Waals surface area contributed by atoms with Crippen LogP contribution in [0.2, 0.25) is 0 Å². The standard InChI is InChI=1S/C19H21N5O4/c25-16(13-22-18(27)14-5-9-20-10-6-14)3-1-2-4-17(26)23-24-19(28)15-7-11-21-12-8-15/h5-12H,1-4,13H2,(H,22,27)(H,23,26)(H,24,28). The topological polar surface area (TPSA) is 130 Å². The molecule has 0 fully saturated rings. The van der Waals surface area contributed by atoms with Crippen LogP contribution in [0.25, 0.3) is 0 Å². The fraction of sp³-hybridized carbons (Fsp3) is 0.263. The zero-order valence-electron chi connectivity index (χ0n) is 15.2. The second-order valence-corrected chi connectivity index (χ2v) is 5.90. The number of nitrogens with one attached hydrogen (secondary N) is 3. The average Bonchev–Trinajstić information content (AvgIpc) is 2.74. The van der Waals surface area contributed by atoms with Crippen molar-refractivity contribution in [2.45, 2.75) is 25.7 Å². The molecule has 0 bridgehead atoms. The number of hydrazine groups is 1. The van der Waals surface area contributed by atoms with Crippen molar-refractivity contribution in [3.05, 3.63) is 60.2 Å². The van der Waals surface area contributed by atoms with Crippen LogP contribution in [0.3, 0.4) is 0 Å². The van der Waals surface area contributed by atoms with E-state index in [1.165, 1.54) is 36.9 Å². The Bertz CT molecular complexity index is 742. The van der Waals surface area contributed by atoms with Gasteiger partial charge in [-0.05, 0) is 37.1 Å². The predicted octanol–water partition coefficient (Wildman–Crippen LogP) is 0.797. The van der Waals surface area contributed by atoms with Crippen LogP contribution in [0.1, 0.15) is 46.4 Å². The third-order valence-electron chi connectivity index (χ3n) is 3.76. The molecule has 0 aliphatic carbocycles. The number of nitrogens with zero attached hydrogens (tertiary/aromatic N) is 2. The maximum atomic E-state index is 11.8. The zero-order chi connectivity index (χ0) is 20.2. The van der Waals surface area contributed by atoms with Crippen LogP contribution in [0.5, 0.6) is 0 Å². The maximum Gasteiger partial charge on any atom is 0.269 e. The summed E-state index contributed by atoms with van der Waals surface area (Å²) in [6.45, 7) is -0.0602. The summed E-state index contributed by atoms with van der Waals surface area (Å²) < 4.78 is 0. The van der Waals surface area contributed by atoms with E-state index in [0.29, 0.717) is 24.0 Å². The van der Waals surface area contributed by atoms with Gasteiger partial charge in [0.25, 0.3) is 11.8 Å². The summed E-state index contributed by atoms with van der Waals surface area (Å²) in [6, 6.07) is 6.18. The van der Waals surface area contributed by atoms with Crippen LogP contribution in [0.15, 0.2) is 49.1 Å². The highest BCUT2D eigenvalue weighted by molar-refractivity contribution is 5.96. The minimum absolute atomic E-state index is 0.0602. The summed E-state index contributed by atoms with van der Waals surface area (Å²) in [6.07, 6.45) is 7.39. The van der Waals surface area contributed by atoms with Gasteiger partial charge in [0.1, 0.15) is 0 Å². The number of unbranched alkanes of at least 4 members (excludes halogenated alkanes) is 1. The average molecular weight is 383 g/mol. The predicted molar refractivity (Wildman–Crippen MR) is 99.9 cm³/mol. The molecule has 2 rings (SSSR count). The number of ketones is 1. The van der Waals surface area contributed by atoms with Crippen molar-refractivity contribution in [3.8, 4) is 0 Å². The van der Waals surface area contributed by atoms with Crippen molar-refractivity contribution < 1.29 is 19.2 Å². The SMILES string of the molecule is O=C(CCCCC(=O)NNC(=O)c1ccncc1)CNC(=O)c1ccncc1. The summed E-state index contributed by atoms with van der Waals surface area (Å²) in [4.78, 5) is 54.7. The van der Waals surface area contributed by atoms with Gasteiger partial charge in [-0.15, -0.1) is 0 Å². The lowest BCUT2D eigenvalue weighted by molar-refractivity contribution is -0.122. The number of pyridine rings is 2. The van der Waals surface area contributed by atoms with Gasteiger partial charge in [0.2, 0.25) is 5.91 Å². The summed E-state index contributed by atoms with van der Waals surface area (Å²) >= 11 is 0. The van der Waals surface area contributed by atoms with Crippen LogP contribution < -0.4 is 16.2 Å². The number of hydrogen-bond acceptors (Lipinski definition) is 6. The van der Waals surface area contributed by atoms with E-state index in [9.17, 15) is 19.2 Å². The van der Waals surface area contributed by atoms with Gasteiger partial charge in [-0.25, -0.2) is 0 Å². The van der Waals surface area contributed by atoms with Gasteiger partial charge >= 0.3 is 0 Å². The molecule has 3 N–H and O–H groups in total. The van der Waals surface area contributed by atoms with E-state index in [-0.39, 0.29) is 37.0 Å². The van der Waals surface area contributed by atoms with Gasteiger partial charge in [0.05, 0.1) is 6.54 Å². The number of Topliss-reactive ketones (excluding diaryl/α,β-unsaturated/α-hetero) is 1. The molecule has 0 unspecified atom stereocenters. The Morgan fingerprint density at radius 2 is 1.25 bits per heavy atom. The van der Waals surface area contributed by atoms with E-state index in [2.05, 4.69) is 26.1 Å². The molecule has 0 atom stereocenters. The molecule has 2 heterocycles. The first-order valence-corrected chi connectivity index (χ1v) is 8.75. The molecule has 9 heteroatoms. The number of amides is 3. The largest absolute Gasteiger partial charge is 0.345 e. The van der Waals surface area contributed by atoms with Gasteiger partial charge in [-0.3, -0.25) is 40.0 Å². The van der Waals surface area contributed by atoms with E-state index >= 15 is 0 Å². The molecule has 2 aromatic heterocycles. The highest BCUT2D eigenvalue weighted by atomic mass is 16.2. The molecule has 0 aliphatic rings. The minimum Gasteiger partial charge on any atom is -0.345 e. The maximum absolute atomic E-state index is 11.8. The Balaban J connectivity index is 1.55. The van der Waals surface area contributed by atoms with Gasteiger partial charge in [0.15, 0.2) is 5.78 Å². The normalized spacial score (nSPS) is 10.0. The lowest BCUT2D eigenvalue weighted by Crippen LogP contribution is -2.41. The molecular weight excluding hydrogens is 362 g/mol. The third-order valence-corrected chi connectivity index (χ3v) is 3.76. The smallest absolute Gasteiger partial charge is 0.269 e. The van der Waals surface area contributed by atoms with E-state index in [0.717, 1.165) is 0 Å². The number of carbonyl (C=O) groups excluding carboxylic acids is 4. The van der Waals surface area contributed by atoms with Gasteiger partial charge in [-0.1, -0.05) is 0 Å². The summed E-state index contributed by atoms with van der Waals surface area (Å²) in [5.74, 6) is -1.23. The van der Waals surface area contributed by atoms with Crippen LogP contribution in [0, 0.1) is 0 Å². The second kappa shape index (κ2) is 11.2. The van der Waals surface area contributed by atoms with Crippen molar-refractivity contribution in [1.82, 2.24) is 26.1 Å². The quantitative estimate of drug-likeness (QED) is 0.434. The molecule has 0 aromatic carbocycles. The molecule has 0 aliphatic heterocycles. The van der Waals surface area contributed by atoms with Crippen LogP contribution in [-0.2, 0) is 9.59 Å². The molecule has 3 amide bonds. The van der Waals surface area contributed by atoms with Gasteiger partial charge in [0, 0.05) is 48.8 Å². The lowest BCUT2D eigenvalue weighted by Gasteiger charge is -2.07. The van der Waals surface area contributed by atoms with Crippen LogP contribution in [-0.4, -0.2) is 40.0 Å². The number of hydrogen-bond donors (Lipinski definition) is 3. The first-order valence-electron chi connectivity index (χ1n) is 8.75. The summed E-state index contributed by atoms with van der Waals surface area (Å²) in [5.41, 5.74) is 5.46. The van der Waals surface area contributed by atoms with Crippen molar-refractivity contribution in [3.63, 3.8) is 0 Å². The number of rotatable bonds is 9. The Kier molecular flexibility index (Phi) is 8.25. The van der Waals surface area contributed by atoms with Crippen molar-refractivity contribution in [1.29, 1.82) is 0 Å². The highest BCUT2D eigenvalue weighted by Gasteiger charge is 2.09. The Hall–Kier alpha value is -3.62. The molecule has 28 heavy (non-hydrogen) atoms. The van der Waals surface area contributed by atoms with Crippen LogP contribution in [0.4, 0.5) is 0 Å². The zero-order valence-corrected chi connectivity index (χ0v) is 15.2. The second-order valence-electron chi connectivity index (χ2n) is 5.90. The molecule has 0 saturated carbocycles. The van der Waals surface area contributed by atoms with Crippen molar-refractivity contribution in [2.24, 2.45) is 0 Å². The van der Waals surface area contributed by atoms with Crippen molar-refractivity contribution in [2.75, 3.05) is 6.54 Å². The fourth-order valence-corrected chi connectivity index (χ4v) is 2.24. The Labute approximate surface area is 161 Å². The molecule has 2 aromatic rings. The van der Waals surface area contributed by atoms with E-state index < -0.39 is 5.91 Å². The summed E-state index contributed by atoms with van der Waals surface area (Å²) in [5, 5.41) is 2.55. The highest BCUT2D eigenvalue weighted by Crippen LogP contribution is 2.01. The number of aromatic nitrogens is 2. The summed E-state index contributed by atoms with van der Waals surface area (Å²) in [7, 11) is 0.